The van der Waals surface area contributed by atoms with Crippen molar-refractivity contribution in [3.8, 4) is 0 Å². The molecule has 0 spiro atoms. The van der Waals surface area contributed by atoms with E-state index in [0.717, 1.165) is 18.3 Å². The summed E-state index contributed by atoms with van der Waals surface area (Å²) in [6.45, 7) is 4.70. The maximum atomic E-state index is 12.2. The number of fused-ring (bicyclic) bond motifs is 2. The molecule has 5 atom stereocenters. The second-order valence-corrected chi connectivity index (χ2v) is 6.74. The number of rotatable bonds is 2. The zero-order valence-corrected chi connectivity index (χ0v) is 12.2. The number of allylic oxidation sites excluding steroid dienone is 2. The van der Waals surface area contributed by atoms with Gasteiger partial charge in [-0.1, -0.05) is 30.9 Å². The topological polar surface area (TPSA) is 26.3 Å². The van der Waals surface area contributed by atoms with Gasteiger partial charge in [-0.2, -0.15) is 0 Å². The maximum absolute atomic E-state index is 12.2. The van der Waals surface area contributed by atoms with E-state index in [1.165, 1.54) is 37.7 Å². The molecular weight excluding hydrogens is 236 g/mol. The van der Waals surface area contributed by atoms with Crippen molar-refractivity contribution in [2.75, 3.05) is 6.61 Å². The van der Waals surface area contributed by atoms with Crippen molar-refractivity contribution in [1.29, 1.82) is 0 Å². The average molecular weight is 262 g/mol. The predicted octanol–water partition coefficient (Wildman–Crippen LogP) is 3.96. The van der Waals surface area contributed by atoms with E-state index < -0.39 is 0 Å². The number of hydrogen-bond acceptors (Lipinski definition) is 2. The molecule has 0 N–H and O–H groups in total. The highest BCUT2D eigenvalue weighted by molar-refractivity contribution is 5.73. The Kier molecular flexibility index (Phi) is 3.68. The summed E-state index contributed by atoms with van der Waals surface area (Å²) in [4.78, 5) is 12.2. The summed E-state index contributed by atoms with van der Waals surface area (Å²) in [5, 5.41) is 0. The fraction of sp³-hybridized carbons (Fsp3) is 0.824. The van der Waals surface area contributed by atoms with E-state index in [4.69, 9.17) is 4.74 Å². The molecule has 0 heterocycles. The molecular formula is C17H26O2. The van der Waals surface area contributed by atoms with Gasteiger partial charge in [-0.3, -0.25) is 4.79 Å². The Hall–Kier alpha value is -0.790. The fourth-order valence-corrected chi connectivity index (χ4v) is 4.88. The number of carbonyl (C=O) groups is 1. The summed E-state index contributed by atoms with van der Waals surface area (Å²) in [5.41, 5.74) is 1.54. The van der Waals surface area contributed by atoms with Gasteiger partial charge in [-0.15, -0.1) is 0 Å². The fourth-order valence-electron chi connectivity index (χ4n) is 4.88. The first-order valence-electron chi connectivity index (χ1n) is 8.04. The van der Waals surface area contributed by atoms with Crippen molar-refractivity contribution >= 4 is 5.97 Å². The van der Waals surface area contributed by atoms with Gasteiger partial charge in [0.05, 0.1) is 12.5 Å². The Morgan fingerprint density at radius 2 is 2.05 bits per heavy atom. The minimum absolute atomic E-state index is 0.0534. The van der Waals surface area contributed by atoms with Crippen LogP contribution in [0.15, 0.2) is 11.6 Å². The first-order valence-corrected chi connectivity index (χ1v) is 8.04. The number of esters is 1. The quantitative estimate of drug-likeness (QED) is 0.556. The first kappa shape index (κ1) is 13.2. The van der Waals surface area contributed by atoms with Crippen LogP contribution < -0.4 is 0 Å². The van der Waals surface area contributed by atoms with Crippen LogP contribution in [0.5, 0.6) is 0 Å². The first-order chi connectivity index (χ1) is 9.20. The molecule has 0 aromatic heterocycles. The smallest absolute Gasteiger partial charge is 0.309 e. The highest BCUT2D eigenvalue weighted by atomic mass is 16.5. The minimum Gasteiger partial charge on any atom is -0.466 e. The highest BCUT2D eigenvalue weighted by Gasteiger charge is 2.46. The van der Waals surface area contributed by atoms with E-state index in [0.29, 0.717) is 18.4 Å². The zero-order valence-electron chi connectivity index (χ0n) is 12.2. The molecule has 0 bridgehead atoms. The molecule has 106 valence electrons. The summed E-state index contributed by atoms with van der Waals surface area (Å²) >= 11 is 0. The van der Waals surface area contributed by atoms with Gasteiger partial charge in [0.25, 0.3) is 0 Å². The second-order valence-electron chi connectivity index (χ2n) is 6.74. The molecule has 0 aliphatic heterocycles. The standard InChI is InChI=1S/C17H26O2/c1-3-19-17(18)14-8-7-11(2)15-9-12-5-4-6-13(12)10-16(14)15/h7,12-16H,3-6,8-10H2,1-2H3/t12-,13-,14+,15-,16-/m0/s1. The van der Waals surface area contributed by atoms with Gasteiger partial charge >= 0.3 is 5.97 Å². The molecule has 0 radical (unpaired) electrons. The van der Waals surface area contributed by atoms with E-state index in [1.807, 2.05) is 6.92 Å². The van der Waals surface area contributed by atoms with Gasteiger partial charge in [-0.25, -0.2) is 0 Å². The summed E-state index contributed by atoms with van der Waals surface area (Å²) in [7, 11) is 0. The lowest BCUT2D eigenvalue weighted by molar-refractivity contribution is -0.152. The van der Waals surface area contributed by atoms with E-state index in [-0.39, 0.29) is 11.9 Å². The Morgan fingerprint density at radius 3 is 2.79 bits per heavy atom. The van der Waals surface area contributed by atoms with Crippen molar-refractivity contribution in [1.82, 2.24) is 0 Å². The second kappa shape index (κ2) is 5.30. The van der Waals surface area contributed by atoms with Gasteiger partial charge in [0.1, 0.15) is 0 Å². The van der Waals surface area contributed by atoms with Crippen LogP contribution in [-0.4, -0.2) is 12.6 Å². The lowest BCUT2D eigenvalue weighted by atomic mass is 9.60. The Bertz CT molecular complexity index is 385. The normalized spacial score (nSPS) is 41.2. The number of ether oxygens (including phenoxy) is 1. The van der Waals surface area contributed by atoms with Crippen molar-refractivity contribution < 1.29 is 9.53 Å². The zero-order chi connectivity index (χ0) is 13.4. The average Bonchev–Trinajstić information content (AvgIpc) is 2.84. The maximum Gasteiger partial charge on any atom is 0.309 e. The molecule has 0 aromatic rings. The predicted molar refractivity (Wildman–Crippen MR) is 75.5 cm³/mol. The lowest BCUT2D eigenvalue weighted by Gasteiger charge is -2.44. The molecule has 2 fully saturated rings. The van der Waals surface area contributed by atoms with Crippen LogP contribution in [0.1, 0.15) is 52.4 Å². The summed E-state index contributed by atoms with van der Waals surface area (Å²) < 4.78 is 5.31. The largest absolute Gasteiger partial charge is 0.466 e. The van der Waals surface area contributed by atoms with Crippen LogP contribution in [0.4, 0.5) is 0 Å². The van der Waals surface area contributed by atoms with E-state index in [1.54, 1.807) is 0 Å². The molecule has 0 amide bonds. The van der Waals surface area contributed by atoms with E-state index in [2.05, 4.69) is 13.0 Å². The van der Waals surface area contributed by atoms with Gasteiger partial charge < -0.3 is 4.74 Å². The molecule has 3 rings (SSSR count). The molecule has 3 aliphatic carbocycles. The van der Waals surface area contributed by atoms with Gasteiger partial charge in [0.15, 0.2) is 0 Å². The third-order valence-electron chi connectivity index (χ3n) is 5.85. The summed E-state index contributed by atoms with van der Waals surface area (Å²) in [6.07, 6.45) is 10.0. The number of hydrogen-bond donors (Lipinski definition) is 0. The monoisotopic (exact) mass is 262 g/mol. The van der Waals surface area contributed by atoms with Crippen molar-refractivity contribution in [2.24, 2.45) is 29.6 Å². The van der Waals surface area contributed by atoms with Crippen LogP contribution in [0.2, 0.25) is 0 Å². The van der Waals surface area contributed by atoms with Crippen LogP contribution in [0.3, 0.4) is 0 Å². The third-order valence-corrected chi connectivity index (χ3v) is 5.85. The summed E-state index contributed by atoms with van der Waals surface area (Å²) in [5.74, 6) is 3.23. The molecule has 2 nitrogen and oxygen atoms in total. The highest BCUT2D eigenvalue weighted by Crippen LogP contribution is 2.53. The molecule has 19 heavy (non-hydrogen) atoms. The van der Waals surface area contributed by atoms with E-state index in [9.17, 15) is 4.79 Å². The van der Waals surface area contributed by atoms with Gasteiger partial charge in [0.2, 0.25) is 0 Å². The van der Waals surface area contributed by atoms with Crippen molar-refractivity contribution in [2.45, 2.75) is 52.4 Å². The minimum atomic E-state index is 0.0534. The molecule has 0 saturated heterocycles. The van der Waals surface area contributed by atoms with E-state index >= 15 is 0 Å². The van der Waals surface area contributed by atoms with Crippen LogP contribution in [-0.2, 0) is 9.53 Å². The molecule has 0 unspecified atom stereocenters. The molecule has 0 aromatic carbocycles. The molecule has 3 aliphatic rings. The van der Waals surface area contributed by atoms with Crippen molar-refractivity contribution in [3.05, 3.63) is 11.6 Å². The molecule has 2 heteroatoms. The Labute approximate surface area is 116 Å². The van der Waals surface area contributed by atoms with Crippen LogP contribution in [0, 0.1) is 29.6 Å². The van der Waals surface area contributed by atoms with Gasteiger partial charge in [0, 0.05) is 0 Å². The van der Waals surface area contributed by atoms with Crippen LogP contribution >= 0.6 is 0 Å². The number of carbonyl (C=O) groups excluding carboxylic acids is 1. The Balaban J connectivity index is 1.80. The molecule has 2 saturated carbocycles. The third kappa shape index (κ3) is 2.34. The van der Waals surface area contributed by atoms with Crippen LogP contribution in [0.25, 0.3) is 0 Å². The lowest BCUT2D eigenvalue weighted by Crippen LogP contribution is -2.40. The SMILES string of the molecule is CCOC(=O)[C@@H]1CC=C(C)[C@@H]2C[C@@H]3CCC[C@H]3C[C@@H]12. The Morgan fingerprint density at radius 1 is 1.32 bits per heavy atom. The van der Waals surface area contributed by atoms with Crippen molar-refractivity contribution in [3.63, 3.8) is 0 Å². The van der Waals surface area contributed by atoms with Gasteiger partial charge in [-0.05, 0) is 56.8 Å². The summed E-state index contributed by atoms with van der Waals surface area (Å²) in [6, 6.07) is 0.